The van der Waals surface area contributed by atoms with Crippen LogP contribution in [0.5, 0.6) is 0 Å². The van der Waals surface area contributed by atoms with E-state index in [1.54, 1.807) is 114 Å². The molecule has 676 valence electrons. The van der Waals surface area contributed by atoms with Crippen molar-refractivity contribution in [3.63, 3.8) is 0 Å². The van der Waals surface area contributed by atoms with Crippen LogP contribution in [0, 0.1) is 0 Å². The number of benzene rings is 9. The molecule has 4 aromatic heterocycles. The number of allylic oxidation sites excluding steroid dienone is 2. The van der Waals surface area contributed by atoms with Crippen LogP contribution in [0.1, 0.15) is 169 Å². The molecule has 15 rings (SSSR count). The molecule has 0 bridgehead atoms. The number of carbonyl (C=O) groups is 9. The fourth-order valence-corrected chi connectivity index (χ4v) is 14.3. The van der Waals surface area contributed by atoms with Gasteiger partial charge in [-0.15, -0.1) is 0 Å². The lowest BCUT2D eigenvalue weighted by Gasteiger charge is -2.21. The third kappa shape index (κ3) is 27.5. The van der Waals surface area contributed by atoms with Crippen molar-refractivity contribution < 1.29 is 101 Å². The Balaban J connectivity index is 0.000000167. The number of aromatic nitrogens is 4. The number of ether oxygens (including phenoxy) is 9. The molecule has 9 aromatic carbocycles. The van der Waals surface area contributed by atoms with Crippen LogP contribution in [0.2, 0.25) is 25.7 Å². The zero-order valence-electron chi connectivity index (χ0n) is 75.3. The molecule has 0 fully saturated rings. The molecule has 131 heavy (non-hydrogen) atoms. The maximum atomic E-state index is 13.9. The molecule has 0 spiro atoms. The number of pyridine rings is 1. The quantitative estimate of drug-likeness (QED) is 0.0260. The van der Waals surface area contributed by atoms with Gasteiger partial charge in [-0.05, 0) is 229 Å². The third-order valence-electron chi connectivity index (χ3n) is 19.9. The second-order valence-corrected chi connectivity index (χ2v) is 40.6. The van der Waals surface area contributed by atoms with E-state index in [0.29, 0.717) is 57.2 Å². The summed E-state index contributed by atoms with van der Waals surface area (Å²) in [4.78, 5) is 125. The maximum absolute atomic E-state index is 13.9. The highest BCUT2D eigenvalue weighted by molar-refractivity contribution is 6.76. The number of nitrogens with zero attached hydrogens (tertiary/aromatic N) is 4. The normalized spacial score (nSPS) is 11.8. The molecule has 0 aliphatic heterocycles. The van der Waals surface area contributed by atoms with Crippen molar-refractivity contribution in [3.8, 4) is 11.3 Å². The van der Waals surface area contributed by atoms with Crippen molar-refractivity contribution in [2.45, 2.75) is 151 Å². The molecule has 0 saturated carbocycles. The molecular formula is C103H105BN4O22Si. The van der Waals surface area contributed by atoms with Crippen molar-refractivity contribution >= 4 is 120 Å². The van der Waals surface area contributed by atoms with E-state index >= 15 is 0 Å². The summed E-state index contributed by atoms with van der Waals surface area (Å²) in [5.74, 6) is -3.26. The van der Waals surface area contributed by atoms with Crippen LogP contribution in [0.25, 0.3) is 56.1 Å². The van der Waals surface area contributed by atoms with E-state index in [4.69, 9.17) is 47.7 Å². The molecule has 0 radical (unpaired) electrons. The van der Waals surface area contributed by atoms with Crippen LogP contribution < -0.4 is 11.2 Å². The smallest absolute Gasteiger partial charge is 0.478 e. The number of aromatic carboxylic acids is 1. The summed E-state index contributed by atoms with van der Waals surface area (Å²) in [6, 6.07) is 70.3. The van der Waals surface area contributed by atoms with Gasteiger partial charge in [0.05, 0.1) is 73.9 Å². The van der Waals surface area contributed by atoms with Gasteiger partial charge in [0, 0.05) is 43.2 Å². The highest BCUT2D eigenvalue weighted by Gasteiger charge is 2.31. The van der Waals surface area contributed by atoms with Crippen molar-refractivity contribution in [3.05, 3.63) is 349 Å². The number of hydrogen-bond donors (Lipinski definition) is 3. The summed E-state index contributed by atoms with van der Waals surface area (Å²) >= 11 is 0. The molecule has 28 heteroatoms. The number of carboxylic acids is 1. The number of esters is 5. The lowest BCUT2D eigenvalue weighted by Crippen LogP contribution is -2.40. The van der Waals surface area contributed by atoms with Crippen LogP contribution in [0.4, 0.5) is 14.4 Å². The number of fused-ring (bicyclic) bond motifs is 5. The van der Waals surface area contributed by atoms with Crippen molar-refractivity contribution in [2.75, 3.05) is 13.7 Å². The van der Waals surface area contributed by atoms with Gasteiger partial charge in [0.1, 0.15) is 50.0 Å². The maximum Gasteiger partial charge on any atom is 0.506 e. The number of methoxy groups -OCH3 is 1. The molecule has 13 aromatic rings. The summed E-state index contributed by atoms with van der Waals surface area (Å²) < 4.78 is 53.8. The van der Waals surface area contributed by atoms with Gasteiger partial charge in [0.25, 0.3) is 5.56 Å². The summed E-state index contributed by atoms with van der Waals surface area (Å²) in [5.41, 5.74) is 9.34. The number of carbonyl (C=O) groups excluding carboxylic acids is 8. The first-order valence-corrected chi connectivity index (χ1v) is 46.0. The van der Waals surface area contributed by atoms with E-state index in [2.05, 4.69) is 25.7 Å². The van der Waals surface area contributed by atoms with Crippen LogP contribution in [0.15, 0.2) is 266 Å². The molecule has 3 N–H and O–H groups in total. The van der Waals surface area contributed by atoms with Gasteiger partial charge in [0.15, 0.2) is 0 Å². The van der Waals surface area contributed by atoms with Gasteiger partial charge >= 0.3 is 61.2 Å². The summed E-state index contributed by atoms with van der Waals surface area (Å²) in [6.45, 7) is 23.6. The highest BCUT2D eigenvalue weighted by Crippen LogP contribution is 2.32. The average Bonchev–Trinajstić information content (AvgIpc) is 1.61. The zero-order valence-corrected chi connectivity index (χ0v) is 76.3. The molecule has 2 aliphatic rings. The standard InChI is InChI=1S/C34H40N2O8Si.C21H22BNO6.C21H21NO4.C17H14O2.C10H8O2/c1-34(2,3)44-33(40)36-28-14-13-24(32(39)43-21-23-11-9-8-10-12-23)17-25(28)19-29(36)27-18-26(31(38)41-4)20-35(30(27)37)22-42-15-16-45(5,6)7;1-21(2,3)29-20(25)23-17-10-9-15(11-16(17)12-18(23)22(26)27)19(24)28-13-14-7-5-4-6-8-14;1-21(2,3)26-20(24)22-12-11-16-13-17(9-10-18(16)22)19(23)25-14-15-7-5-4-6-8-15;18-17(19-12-13-5-2-1-3-6-13)16-10-9-14-7-4-8-15(14)11-16;11-10(12)9-5-4-7-2-1-3-8(7)6-9/h8-14,17-20H,15-16,21-22H2,1-7H3;4-12,26-27H,13H2,1-3H3;4-13H,14H2,1-3H3;1-6,8-11H,7,12H2;1,3-6H,2H2,(H,11,12). The van der Waals surface area contributed by atoms with E-state index < -0.39 is 85.7 Å². The number of rotatable bonds is 21. The molecule has 4 heterocycles. The zero-order chi connectivity index (χ0) is 94.5. The summed E-state index contributed by atoms with van der Waals surface area (Å²) in [5, 5.41) is 29.8. The van der Waals surface area contributed by atoms with E-state index in [-0.39, 0.29) is 66.1 Å². The molecule has 0 unspecified atom stereocenters. The molecule has 0 amide bonds. The second-order valence-electron chi connectivity index (χ2n) is 34.9. The second kappa shape index (κ2) is 43.5. The minimum atomic E-state index is -1.89. The lowest BCUT2D eigenvalue weighted by molar-refractivity contribution is 0.0464. The van der Waals surface area contributed by atoms with Gasteiger partial charge in [-0.3, -0.25) is 18.5 Å². The van der Waals surface area contributed by atoms with Gasteiger partial charge in [-0.25, -0.2) is 47.7 Å². The Bertz CT molecular complexity index is 6440. The van der Waals surface area contributed by atoms with Gasteiger partial charge < -0.3 is 57.8 Å². The predicted molar refractivity (Wildman–Crippen MR) is 503 cm³/mol. The fraction of sp³-hybridized carbons (Fsp3) is 0.243. The van der Waals surface area contributed by atoms with Crippen molar-refractivity contribution in [1.29, 1.82) is 0 Å². The van der Waals surface area contributed by atoms with Crippen LogP contribution >= 0.6 is 0 Å². The Hall–Kier alpha value is -14.6. The van der Waals surface area contributed by atoms with Gasteiger partial charge in [-0.1, -0.05) is 177 Å². The Morgan fingerprint density at radius 1 is 0.420 bits per heavy atom. The Morgan fingerprint density at radius 2 is 0.809 bits per heavy atom. The molecule has 0 atom stereocenters. The molecule has 0 saturated heterocycles. The Labute approximate surface area is 759 Å². The third-order valence-corrected chi connectivity index (χ3v) is 21.6. The van der Waals surface area contributed by atoms with E-state index in [1.165, 1.54) is 62.4 Å². The van der Waals surface area contributed by atoms with E-state index in [9.17, 15) is 58.0 Å². The van der Waals surface area contributed by atoms with Gasteiger partial charge in [-0.2, -0.15) is 0 Å². The Morgan fingerprint density at radius 3 is 1.24 bits per heavy atom. The molecule has 26 nitrogen and oxygen atoms in total. The first-order chi connectivity index (χ1) is 62.2. The Kier molecular flexibility index (Phi) is 32.2. The summed E-state index contributed by atoms with van der Waals surface area (Å²) in [7, 11) is -2.01. The minimum absolute atomic E-state index is 0.0518. The first kappa shape index (κ1) is 97.0. The minimum Gasteiger partial charge on any atom is -0.478 e. The average molecular weight is 1790 g/mol. The summed E-state index contributed by atoms with van der Waals surface area (Å²) in [6.07, 6.45) is 11.1. The predicted octanol–water partition coefficient (Wildman–Crippen LogP) is 19.5. The largest absolute Gasteiger partial charge is 0.506 e. The number of hydrogen-bond acceptors (Lipinski definition) is 21. The van der Waals surface area contributed by atoms with Crippen molar-refractivity contribution in [1.82, 2.24) is 18.3 Å². The van der Waals surface area contributed by atoms with Crippen molar-refractivity contribution in [2.24, 2.45) is 0 Å². The fourth-order valence-electron chi connectivity index (χ4n) is 13.5. The van der Waals surface area contributed by atoms with Crippen LogP contribution in [0.3, 0.4) is 0 Å². The topological polar surface area (TPSA) is 334 Å². The highest BCUT2D eigenvalue weighted by atomic mass is 28.3. The van der Waals surface area contributed by atoms with E-state index in [0.717, 1.165) is 62.2 Å². The molecule has 2 aliphatic carbocycles. The van der Waals surface area contributed by atoms with E-state index in [1.807, 2.05) is 185 Å². The van der Waals surface area contributed by atoms with Crippen LogP contribution in [-0.2, 0) is 88.6 Å². The SMILES string of the molecule is CC(C)(C)OC(=O)n1c(B(O)O)cc2cc(C(=O)OCc3ccccc3)ccc21.CC(C)(C)OC(=O)n1ccc2cc(C(=O)OCc3ccccc3)ccc21.COC(=O)c1cc(-c2cc3cc(C(=O)OCc4ccccc4)ccc3n2C(=O)OC(C)(C)C)c(=O)n(COCC[Si](C)(C)C)c1.O=C(O)c1ccc2c(c1)C=CC2.O=C(OCc1ccccc1)c1ccc2c(c1)C=CC2. The van der Waals surface area contributed by atoms with Gasteiger partial charge in [0.2, 0.25) is 0 Å². The first-order valence-electron chi connectivity index (χ1n) is 42.3. The number of carboxylic acid groups (broad SMARTS) is 1. The lowest BCUT2D eigenvalue weighted by atomic mass is 9.86. The molecular weight excluding hydrogens is 1680 g/mol. The monoisotopic (exact) mass is 1790 g/mol. The van der Waals surface area contributed by atoms with Crippen LogP contribution in [-0.4, -0.2) is 133 Å².